The lowest BCUT2D eigenvalue weighted by molar-refractivity contribution is 0.263. The Morgan fingerprint density at radius 2 is 2.20 bits per heavy atom. The van der Waals surface area contributed by atoms with Crippen LogP contribution >= 0.6 is 15.9 Å². The topological polar surface area (TPSA) is 61.3 Å². The molecule has 0 unspecified atom stereocenters. The van der Waals surface area contributed by atoms with Gasteiger partial charge in [0, 0.05) is 0 Å². The molecule has 1 aromatic carbocycles. The fourth-order valence-electron chi connectivity index (χ4n) is 1.09. The number of ether oxygens (including phenoxy) is 1. The Labute approximate surface area is 95.2 Å². The summed E-state index contributed by atoms with van der Waals surface area (Å²) in [5, 5.41) is 0. The fraction of sp³-hybridized carbons (Fsp3) is 0.100. The highest BCUT2D eigenvalue weighted by Crippen LogP contribution is 2.24. The number of oxazole rings is 1. The summed E-state index contributed by atoms with van der Waals surface area (Å²) in [5.74, 6) is 1.50. The van der Waals surface area contributed by atoms with E-state index in [2.05, 4.69) is 20.9 Å². The van der Waals surface area contributed by atoms with Crippen LogP contribution in [0.4, 0.5) is 5.88 Å². The summed E-state index contributed by atoms with van der Waals surface area (Å²) in [6, 6.07) is 7.57. The number of hydrogen-bond acceptors (Lipinski definition) is 4. The monoisotopic (exact) mass is 268 g/mol. The van der Waals surface area contributed by atoms with Crippen molar-refractivity contribution in [2.75, 3.05) is 5.73 Å². The number of para-hydroxylation sites is 1. The Bertz CT molecular complexity index is 456. The van der Waals surface area contributed by atoms with Crippen molar-refractivity contribution in [3.63, 3.8) is 0 Å². The highest BCUT2D eigenvalue weighted by Gasteiger charge is 2.03. The molecule has 0 aliphatic heterocycles. The summed E-state index contributed by atoms with van der Waals surface area (Å²) in [6.07, 6.45) is 1.46. The molecule has 2 N–H and O–H groups in total. The van der Waals surface area contributed by atoms with Gasteiger partial charge in [-0.25, -0.2) is 4.98 Å². The number of nitrogens with two attached hydrogens (primary N) is 1. The predicted molar refractivity (Wildman–Crippen MR) is 59.4 cm³/mol. The van der Waals surface area contributed by atoms with Crippen LogP contribution in [0.2, 0.25) is 0 Å². The zero-order valence-corrected chi connectivity index (χ0v) is 9.40. The van der Waals surface area contributed by atoms with E-state index in [-0.39, 0.29) is 6.61 Å². The maximum atomic E-state index is 5.48. The second-order valence-corrected chi connectivity index (χ2v) is 3.73. The molecule has 1 heterocycles. The molecule has 0 saturated carbocycles. The zero-order chi connectivity index (χ0) is 10.7. The minimum atomic E-state index is 0.264. The molecule has 5 heteroatoms. The van der Waals surface area contributed by atoms with Gasteiger partial charge in [0.2, 0.25) is 11.8 Å². The Morgan fingerprint density at radius 3 is 2.87 bits per heavy atom. The first kappa shape index (κ1) is 10.0. The van der Waals surface area contributed by atoms with Crippen LogP contribution in [-0.2, 0) is 6.61 Å². The average molecular weight is 269 g/mol. The number of halogens is 1. The van der Waals surface area contributed by atoms with E-state index in [9.17, 15) is 0 Å². The van der Waals surface area contributed by atoms with Gasteiger partial charge in [0.1, 0.15) is 5.75 Å². The number of nitrogens with zero attached hydrogens (tertiary/aromatic N) is 1. The number of anilines is 1. The molecule has 0 saturated heterocycles. The van der Waals surface area contributed by atoms with Gasteiger partial charge >= 0.3 is 0 Å². The van der Waals surface area contributed by atoms with Crippen LogP contribution in [0.1, 0.15) is 5.89 Å². The molecule has 1 aromatic heterocycles. The lowest BCUT2D eigenvalue weighted by atomic mass is 10.3. The maximum absolute atomic E-state index is 5.48. The molecule has 0 fully saturated rings. The summed E-state index contributed by atoms with van der Waals surface area (Å²) in [4.78, 5) is 3.93. The van der Waals surface area contributed by atoms with E-state index in [0.717, 1.165) is 10.2 Å². The first-order chi connectivity index (χ1) is 7.25. The summed E-state index contributed by atoms with van der Waals surface area (Å²) in [7, 11) is 0. The summed E-state index contributed by atoms with van der Waals surface area (Å²) in [6.45, 7) is 0.264. The first-order valence-electron chi connectivity index (χ1n) is 4.33. The number of rotatable bonds is 3. The normalized spacial score (nSPS) is 10.2. The second kappa shape index (κ2) is 4.35. The molecule has 2 rings (SSSR count). The minimum Gasteiger partial charge on any atom is -0.483 e. The zero-order valence-electron chi connectivity index (χ0n) is 7.81. The first-order valence-corrected chi connectivity index (χ1v) is 5.12. The van der Waals surface area contributed by atoms with Crippen molar-refractivity contribution in [1.82, 2.24) is 4.98 Å². The predicted octanol–water partition coefficient (Wildman–Crippen LogP) is 2.60. The lowest BCUT2D eigenvalue weighted by Crippen LogP contribution is -1.95. The number of hydrogen-bond donors (Lipinski definition) is 1. The summed E-state index contributed by atoms with van der Waals surface area (Å²) < 4.78 is 11.4. The van der Waals surface area contributed by atoms with E-state index in [1.807, 2.05) is 24.3 Å². The van der Waals surface area contributed by atoms with Crippen molar-refractivity contribution in [3.8, 4) is 5.75 Å². The van der Waals surface area contributed by atoms with Crippen LogP contribution < -0.4 is 10.5 Å². The number of nitrogen functional groups attached to an aromatic ring is 1. The largest absolute Gasteiger partial charge is 0.483 e. The molecule has 0 amide bonds. The van der Waals surface area contributed by atoms with E-state index < -0.39 is 0 Å². The fourth-order valence-corrected chi connectivity index (χ4v) is 1.49. The van der Waals surface area contributed by atoms with Gasteiger partial charge in [-0.2, -0.15) is 0 Å². The summed E-state index contributed by atoms with van der Waals surface area (Å²) in [5.41, 5.74) is 5.38. The minimum absolute atomic E-state index is 0.264. The quantitative estimate of drug-likeness (QED) is 0.930. The van der Waals surface area contributed by atoms with Crippen LogP contribution in [0, 0.1) is 0 Å². The van der Waals surface area contributed by atoms with Gasteiger partial charge in [0.25, 0.3) is 0 Å². The third kappa shape index (κ3) is 2.50. The molecule has 4 nitrogen and oxygen atoms in total. The van der Waals surface area contributed by atoms with Crippen molar-refractivity contribution in [1.29, 1.82) is 0 Å². The van der Waals surface area contributed by atoms with E-state index in [0.29, 0.717) is 11.8 Å². The van der Waals surface area contributed by atoms with Crippen LogP contribution in [0.15, 0.2) is 39.4 Å². The van der Waals surface area contributed by atoms with Gasteiger partial charge < -0.3 is 14.9 Å². The molecular weight excluding hydrogens is 260 g/mol. The number of benzene rings is 1. The Morgan fingerprint density at radius 1 is 1.40 bits per heavy atom. The molecule has 2 aromatic rings. The Hall–Kier alpha value is -1.49. The van der Waals surface area contributed by atoms with Crippen molar-refractivity contribution in [3.05, 3.63) is 40.8 Å². The van der Waals surface area contributed by atoms with Crippen LogP contribution in [0.5, 0.6) is 5.75 Å². The number of aromatic nitrogens is 1. The molecule has 0 spiro atoms. The van der Waals surface area contributed by atoms with Crippen molar-refractivity contribution >= 4 is 21.8 Å². The average Bonchev–Trinajstić information content (AvgIpc) is 2.63. The van der Waals surface area contributed by atoms with Gasteiger partial charge in [-0.15, -0.1) is 0 Å². The molecule has 0 bridgehead atoms. The third-order valence-electron chi connectivity index (χ3n) is 1.76. The van der Waals surface area contributed by atoms with Gasteiger partial charge in [0.05, 0.1) is 10.7 Å². The molecule has 15 heavy (non-hydrogen) atoms. The van der Waals surface area contributed by atoms with Crippen LogP contribution in [-0.4, -0.2) is 4.98 Å². The third-order valence-corrected chi connectivity index (χ3v) is 2.41. The SMILES string of the molecule is Nc1cnc(COc2ccccc2Br)o1. The smallest absolute Gasteiger partial charge is 0.234 e. The van der Waals surface area contributed by atoms with E-state index >= 15 is 0 Å². The maximum Gasteiger partial charge on any atom is 0.234 e. The molecule has 0 aliphatic rings. The molecule has 0 aliphatic carbocycles. The highest BCUT2D eigenvalue weighted by atomic mass is 79.9. The molecule has 0 radical (unpaired) electrons. The highest BCUT2D eigenvalue weighted by molar-refractivity contribution is 9.10. The summed E-state index contributed by atoms with van der Waals surface area (Å²) >= 11 is 3.37. The van der Waals surface area contributed by atoms with Gasteiger partial charge in [-0.3, -0.25) is 0 Å². The van der Waals surface area contributed by atoms with Crippen molar-refractivity contribution in [2.45, 2.75) is 6.61 Å². The van der Waals surface area contributed by atoms with Crippen molar-refractivity contribution in [2.24, 2.45) is 0 Å². The van der Waals surface area contributed by atoms with Gasteiger partial charge in [0.15, 0.2) is 6.61 Å². The van der Waals surface area contributed by atoms with Gasteiger partial charge in [-0.05, 0) is 28.1 Å². The van der Waals surface area contributed by atoms with E-state index in [1.54, 1.807) is 0 Å². The van der Waals surface area contributed by atoms with E-state index in [4.69, 9.17) is 14.9 Å². The Kier molecular flexibility index (Phi) is 2.91. The molecule has 78 valence electrons. The Balaban J connectivity index is 2.02. The van der Waals surface area contributed by atoms with Crippen molar-refractivity contribution < 1.29 is 9.15 Å². The molecule has 0 atom stereocenters. The molecular formula is C10H9BrN2O2. The van der Waals surface area contributed by atoms with Crippen LogP contribution in [0.3, 0.4) is 0 Å². The second-order valence-electron chi connectivity index (χ2n) is 2.88. The van der Waals surface area contributed by atoms with Gasteiger partial charge in [-0.1, -0.05) is 12.1 Å². The standard InChI is InChI=1S/C10H9BrN2O2/c11-7-3-1-2-4-8(7)14-6-10-13-5-9(12)15-10/h1-5H,6,12H2. The van der Waals surface area contributed by atoms with Crippen LogP contribution in [0.25, 0.3) is 0 Å². The van der Waals surface area contributed by atoms with E-state index in [1.165, 1.54) is 6.20 Å². The lowest BCUT2D eigenvalue weighted by Gasteiger charge is -2.04.